The number of hydrogen-bond donors (Lipinski definition) is 2. The van der Waals surface area contributed by atoms with Gasteiger partial charge in [0.05, 0.1) is 9.75 Å². The van der Waals surface area contributed by atoms with Crippen LogP contribution < -0.4 is 10.6 Å². The van der Waals surface area contributed by atoms with E-state index in [4.69, 9.17) is 0 Å². The fourth-order valence-corrected chi connectivity index (χ4v) is 2.72. The molecule has 4 nitrogen and oxygen atoms in total. The van der Waals surface area contributed by atoms with Gasteiger partial charge in [0.1, 0.15) is 11.1 Å². The SMILES string of the molecule is CCC(C)(NC(=O)c1ccc(C(=O)NC(C)(CC)C(F)(F)F)s1)C(F)(F)F. The number of thiophene rings is 1. The molecule has 2 atom stereocenters. The van der Waals surface area contributed by atoms with Gasteiger partial charge in [0.15, 0.2) is 0 Å². The molecule has 0 fully saturated rings. The second kappa shape index (κ2) is 7.69. The van der Waals surface area contributed by atoms with Crippen LogP contribution >= 0.6 is 11.3 Å². The third-order valence-corrected chi connectivity index (χ3v) is 5.58. The van der Waals surface area contributed by atoms with Crippen LogP contribution in [0, 0.1) is 0 Å². The predicted molar refractivity (Wildman–Crippen MR) is 88.8 cm³/mol. The highest BCUT2D eigenvalue weighted by atomic mass is 32.1. The van der Waals surface area contributed by atoms with Crippen molar-refractivity contribution in [2.75, 3.05) is 0 Å². The van der Waals surface area contributed by atoms with Gasteiger partial charge in [-0.1, -0.05) is 13.8 Å². The molecule has 1 aromatic rings. The summed E-state index contributed by atoms with van der Waals surface area (Å²) >= 11 is 0.514. The van der Waals surface area contributed by atoms with E-state index >= 15 is 0 Å². The molecule has 0 bridgehead atoms. The molecule has 0 aromatic carbocycles. The van der Waals surface area contributed by atoms with Crippen molar-refractivity contribution in [1.29, 1.82) is 0 Å². The zero-order valence-corrected chi connectivity index (χ0v) is 15.9. The third kappa shape index (κ3) is 4.94. The molecule has 0 saturated heterocycles. The van der Waals surface area contributed by atoms with Crippen LogP contribution in [0.1, 0.15) is 59.9 Å². The Balaban J connectivity index is 2.98. The van der Waals surface area contributed by atoms with Crippen molar-refractivity contribution in [1.82, 2.24) is 10.6 Å². The van der Waals surface area contributed by atoms with Crippen molar-refractivity contribution in [2.45, 2.75) is 64.0 Å². The standard InChI is InChI=1S/C16H20F6N2O2S/c1-5-13(3,15(17,18)19)23-11(25)9-7-8-10(27-9)12(26)24-14(4,6-2)16(20,21)22/h7-8H,5-6H2,1-4H3,(H,23,25)(H,24,26). The van der Waals surface area contributed by atoms with E-state index in [1.807, 2.05) is 10.6 Å². The number of hydrogen-bond acceptors (Lipinski definition) is 3. The Labute approximate surface area is 156 Å². The van der Waals surface area contributed by atoms with Gasteiger partial charge in [0.2, 0.25) is 0 Å². The molecule has 2 N–H and O–H groups in total. The largest absolute Gasteiger partial charge is 0.411 e. The van der Waals surface area contributed by atoms with Crippen molar-refractivity contribution in [2.24, 2.45) is 0 Å². The van der Waals surface area contributed by atoms with Gasteiger partial charge in [-0.05, 0) is 38.8 Å². The van der Waals surface area contributed by atoms with Gasteiger partial charge in [-0.2, -0.15) is 26.3 Å². The highest BCUT2D eigenvalue weighted by Gasteiger charge is 2.52. The van der Waals surface area contributed by atoms with Gasteiger partial charge >= 0.3 is 12.4 Å². The molecule has 2 amide bonds. The predicted octanol–water partition coefficient (Wildman–Crippen LogP) is 4.67. The number of alkyl halides is 6. The minimum atomic E-state index is -4.69. The van der Waals surface area contributed by atoms with Crippen LogP contribution in [0.25, 0.3) is 0 Å². The maximum absolute atomic E-state index is 13.1. The molecule has 154 valence electrons. The Kier molecular flexibility index (Phi) is 6.62. The first-order chi connectivity index (χ1) is 12.1. The lowest BCUT2D eigenvalue weighted by atomic mass is 9.98. The van der Waals surface area contributed by atoms with Crippen LogP contribution in [-0.4, -0.2) is 35.2 Å². The van der Waals surface area contributed by atoms with E-state index < -0.39 is 48.1 Å². The van der Waals surface area contributed by atoms with E-state index in [2.05, 4.69) is 0 Å². The Morgan fingerprint density at radius 2 is 1.11 bits per heavy atom. The molecule has 11 heteroatoms. The molecule has 0 aliphatic rings. The second-order valence-corrected chi connectivity index (χ2v) is 7.52. The maximum atomic E-state index is 13.1. The number of carbonyl (C=O) groups is 2. The van der Waals surface area contributed by atoms with Gasteiger partial charge in [0.25, 0.3) is 11.8 Å². The topological polar surface area (TPSA) is 58.2 Å². The third-order valence-electron chi connectivity index (χ3n) is 4.50. The molecule has 1 aromatic heterocycles. The molecule has 0 saturated carbocycles. The average molecular weight is 418 g/mol. The number of amides is 2. The summed E-state index contributed by atoms with van der Waals surface area (Å²) in [5, 5.41) is 3.74. The fraction of sp³-hybridized carbons (Fsp3) is 0.625. The highest BCUT2D eigenvalue weighted by Crippen LogP contribution is 2.34. The van der Waals surface area contributed by atoms with E-state index in [1.54, 1.807) is 0 Å². The fourth-order valence-electron chi connectivity index (χ4n) is 1.93. The molecule has 0 aliphatic carbocycles. The van der Waals surface area contributed by atoms with E-state index in [9.17, 15) is 35.9 Å². The van der Waals surface area contributed by atoms with Crippen LogP contribution in [0.4, 0.5) is 26.3 Å². The van der Waals surface area contributed by atoms with Gasteiger partial charge in [-0.3, -0.25) is 9.59 Å². The number of nitrogens with one attached hydrogen (secondary N) is 2. The smallest absolute Gasteiger partial charge is 0.337 e. The van der Waals surface area contributed by atoms with Crippen LogP contribution in [0.15, 0.2) is 12.1 Å². The normalized spacial score (nSPS) is 17.0. The summed E-state index contributed by atoms with van der Waals surface area (Å²) < 4.78 is 78.4. The summed E-state index contributed by atoms with van der Waals surface area (Å²) in [5.41, 5.74) is -4.93. The molecular weight excluding hydrogens is 398 g/mol. The molecule has 27 heavy (non-hydrogen) atoms. The van der Waals surface area contributed by atoms with E-state index in [1.165, 1.54) is 13.8 Å². The zero-order chi connectivity index (χ0) is 21.3. The average Bonchev–Trinajstić information content (AvgIpc) is 3.02. The Morgan fingerprint density at radius 3 is 1.33 bits per heavy atom. The molecule has 0 aliphatic heterocycles. The Morgan fingerprint density at radius 1 is 0.815 bits per heavy atom. The van der Waals surface area contributed by atoms with Gasteiger partial charge in [-0.25, -0.2) is 0 Å². The number of carbonyl (C=O) groups excluding carboxylic acids is 2. The first kappa shape index (κ1) is 23.3. The monoisotopic (exact) mass is 418 g/mol. The van der Waals surface area contributed by atoms with Crippen molar-refractivity contribution in [3.63, 3.8) is 0 Å². The molecule has 1 rings (SSSR count). The Hall–Kier alpha value is -1.78. The summed E-state index contributed by atoms with van der Waals surface area (Å²) in [5.74, 6) is -2.12. The van der Waals surface area contributed by atoms with Gasteiger partial charge < -0.3 is 10.6 Å². The number of rotatable bonds is 6. The maximum Gasteiger partial charge on any atom is 0.411 e. The molecular formula is C16H20F6N2O2S. The van der Waals surface area contributed by atoms with Crippen LogP contribution in [0.2, 0.25) is 0 Å². The lowest BCUT2D eigenvalue weighted by Crippen LogP contribution is -2.56. The zero-order valence-electron chi connectivity index (χ0n) is 15.1. The molecule has 0 radical (unpaired) electrons. The van der Waals surface area contributed by atoms with Gasteiger partial charge in [0, 0.05) is 0 Å². The lowest BCUT2D eigenvalue weighted by Gasteiger charge is -2.31. The van der Waals surface area contributed by atoms with Crippen LogP contribution in [0.5, 0.6) is 0 Å². The van der Waals surface area contributed by atoms with Gasteiger partial charge in [-0.15, -0.1) is 11.3 Å². The van der Waals surface area contributed by atoms with Crippen molar-refractivity contribution < 1.29 is 35.9 Å². The summed E-state index contributed by atoms with van der Waals surface area (Å²) in [6, 6.07) is 2.19. The molecule has 1 heterocycles. The van der Waals surface area contributed by atoms with E-state index in [0.717, 1.165) is 26.0 Å². The quantitative estimate of drug-likeness (QED) is 0.660. The Bertz CT molecular complexity index is 643. The van der Waals surface area contributed by atoms with Crippen molar-refractivity contribution in [3.8, 4) is 0 Å². The molecule has 0 spiro atoms. The first-order valence-corrected chi connectivity index (χ1v) is 8.80. The summed E-state index contributed by atoms with van der Waals surface area (Å²) in [6.45, 7) is 4.15. The summed E-state index contributed by atoms with van der Waals surface area (Å²) in [4.78, 5) is 23.8. The van der Waals surface area contributed by atoms with Crippen LogP contribution in [-0.2, 0) is 0 Å². The number of halogens is 6. The summed E-state index contributed by atoms with van der Waals surface area (Å²) in [6.07, 6.45) is -10.2. The minimum Gasteiger partial charge on any atom is -0.337 e. The second-order valence-electron chi connectivity index (χ2n) is 6.44. The first-order valence-electron chi connectivity index (χ1n) is 7.98. The van der Waals surface area contributed by atoms with E-state index in [0.29, 0.717) is 11.3 Å². The highest BCUT2D eigenvalue weighted by molar-refractivity contribution is 7.15. The molecule has 2 unspecified atom stereocenters. The van der Waals surface area contributed by atoms with E-state index in [-0.39, 0.29) is 9.75 Å². The van der Waals surface area contributed by atoms with Crippen molar-refractivity contribution >= 4 is 23.2 Å². The lowest BCUT2D eigenvalue weighted by molar-refractivity contribution is -0.189. The van der Waals surface area contributed by atoms with Crippen LogP contribution in [0.3, 0.4) is 0 Å². The van der Waals surface area contributed by atoms with Crippen molar-refractivity contribution in [3.05, 3.63) is 21.9 Å². The summed E-state index contributed by atoms with van der Waals surface area (Å²) in [7, 11) is 0. The minimum absolute atomic E-state index is 0.214.